The standard InChI is InChI=1S/C11H11FO4/c1-15-11(14)10(13)7-2-3-8-6(9(7)12)4-5-16-8/h2-3,10,13H,4-5H2,1H3. The SMILES string of the molecule is COC(=O)C(O)c1ccc2c(c1F)CCO2. The van der Waals surface area contributed by atoms with Gasteiger partial charge in [-0.2, -0.15) is 0 Å². The van der Waals surface area contributed by atoms with Gasteiger partial charge in [-0.3, -0.25) is 0 Å². The van der Waals surface area contributed by atoms with Crippen LogP contribution in [0.3, 0.4) is 0 Å². The van der Waals surface area contributed by atoms with Crippen LogP contribution >= 0.6 is 0 Å². The van der Waals surface area contributed by atoms with E-state index in [1.54, 1.807) is 6.07 Å². The fourth-order valence-electron chi connectivity index (χ4n) is 1.70. The summed E-state index contributed by atoms with van der Waals surface area (Å²) >= 11 is 0. The van der Waals surface area contributed by atoms with Crippen molar-refractivity contribution in [3.8, 4) is 5.75 Å². The van der Waals surface area contributed by atoms with Crippen molar-refractivity contribution in [2.75, 3.05) is 13.7 Å². The number of benzene rings is 1. The molecule has 0 saturated heterocycles. The topological polar surface area (TPSA) is 55.8 Å². The molecule has 1 aromatic carbocycles. The molecule has 4 nitrogen and oxygen atoms in total. The highest BCUT2D eigenvalue weighted by Crippen LogP contribution is 2.32. The lowest BCUT2D eigenvalue weighted by molar-refractivity contribution is -0.150. The first-order chi connectivity index (χ1) is 7.65. The summed E-state index contributed by atoms with van der Waals surface area (Å²) in [6.07, 6.45) is -1.14. The Morgan fingerprint density at radius 2 is 2.38 bits per heavy atom. The van der Waals surface area contributed by atoms with Gasteiger partial charge in [0.05, 0.1) is 13.7 Å². The van der Waals surface area contributed by atoms with E-state index in [1.807, 2.05) is 0 Å². The van der Waals surface area contributed by atoms with Gasteiger partial charge in [-0.25, -0.2) is 9.18 Å². The molecule has 0 bridgehead atoms. The molecule has 86 valence electrons. The summed E-state index contributed by atoms with van der Waals surface area (Å²) in [4.78, 5) is 11.1. The summed E-state index contributed by atoms with van der Waals surface area (Å²) in [5.74, 6) is -0.996. The molecule has 0 radical (unpaired) electrons. The quantitative estimate of drug-likeness (QED) is 0.763. The van der Waals surface area contributed by atoms with Crippen LogP contribution in [-0.2, 0) is 16.0 Å². The Labute approximate surface area is 91.6 Å². The highest BCUT2D eigenvalue weighted by molar-refractivity contribution is 5.76. The Bertz CT molecular complexity index is 430. The molecule has 1 N–H and O–H groups in total. The lowest BCUT2D eigenvalue weighted by atomic mass is 10.0. The van der Waals surface area contributed by atoms with Gasteiger partial charge in [0.15, 0.2) is 6.10 Å². The van der Waals surface area contributed by atoms with Crippen LogP contribution in [0, 0.1) is 5.82 Å². The van der Waals surface area contributed by atoms with Crippen molar-refractivity contribution >= 4 is 5.97 Å². The summed E-state index contributed by atoms with van der Waals surface area (Å²) in [5, 5.41) is 9.55. The van der Waals surface area contributed by atoms with Crippen LogP contribution < -0.4 is 4.74 Å². The number of esters is 1. The maximum absolute atomic E-state index is 13.9. The van der Waals surface area contributed by atoms with E-state index in [-0.39, 0.29) is 5.56 Å². The number of aliphatic hydroxyl groups is 1. The van der Waals surface area contributed by atoms with E-state index >= 15 is 0 Å². The highest BCUT2D eigenvalue weighted by Gasteiger charge is 2.26. The average molecular weight is 226 g/mol. The average Bonchev–Trinajstić information content (AvgIpc) is 2.76. The van der Waals surface area contributed by atoms with Gasteiger partial charge < -0.3 is 14.6 Å². The maximum atomic E-state index is 13.9. The monoisotopic (exact) mass is 226 g/mol. The predicted molar refractivity (Wildman–Crippen MR) is 52.6 cm³/mol. The molecule has 0 aliphatic carbocycles. The number of ether oxygens (including phenoxy) is 2. The zero-order chi connectivity index (χ0) is 11.7. The summed E-state index contributed by atoms with van der Waals surface area (Å²) in [7, 11) is 1.14. The van der Waals surface area contributed by atoms with Gasteiger partial charge in [0.25, 0.3) is 0 Å². The van der Waals surface area contributed by atoms with E-state index in [4.69, 9.17) is 4.74 Å². The number of carbonyl (C=O) groups is 1. The lowest BCUT2D eigenvalue weighted by Gasteiger charge is -2.11. The molecule has 16 heavy (non-hydrogen) atoms. The molecular weight excluding hydrogens is 215 g/mol. The van der Waals surface area contributed by atoms with Crippen molar-refractivity contribution in [1.29, 1.82) is 0 Å². The molecule has 2 rings (SSSR count). The summed E-state index contributed by atoms with van der Waals surface area (Å²) in [6, 6.07) is 2.88. The fraction of sp³-hybridized carbons (Fsp3) is 0.364. The van der Waals surface area contributed by atoms with Crippen molar-refractivity contribution in [1.82, 2.24) is 0 Å². The molecule has 1 atom stereocenters. The van der Waals surface area contributed by atoms with E-state index < -0.39 is 17.9 Å². The number of fused-ring (bicyclic) bond motifs is 1. The third kappa shape index (κ3) is 1.63. The third-order valence-corrected chi connectivity index (χ3v) is 2.56. The first-order valence-corrected chi connectivity index (χ1v) is 4.85. The molecule has 1 unspecified atom stereocenters. The second kappa shape index (κ2) is 4.09. The number of carbonyl (C=O) groups excluding carboxylic acids is 1. The van der Waals surface area contributed by atoms with Crippen molar-refractivity contribution in [2.45, 2.75) is 12.5 Å². The largest absolute Gasteiger partial charge is 0.493 e. The van der Waals surface area contributed by atoms with Gasteiger partial charge in [0, 0.05) is 17.5 Å². The van der Waals surface area contributed by atoms with Crippen molar-refractivity contribution in [3.05, 3.63) is 29.1 Å². The minimum Gasteiger partial charge on any atom is -0.493 e. The molecule has 0 aromatic heterocycles. The summed E-state index contributed by atoms with van der Waals surface area (Å²) in [6.45, 7) is 0.421. The highest BCUT2D eigenvalue weighted by atomic mass is 19.1. The van der Waals surface area contributed by atoms with E-state index in [0.717, 1.165) is 7.11 Å². The zero-order valence-corrected chi connectivity index (χ0v) is 8.70. The number of aliphatic hydroxyl groups excluding tert-OH is 1. The summed E-state index contributed by atoms with van der Waals surface area (Å²) in [5.41, 5.74) is 0.330. The molecule has 0 spiro atoms. The third-order valence-electron chi connectivity index (χ3n) is 2.56. The van der Waals surface area contributed by atoms with Crippen LogP contribution in [0.5, 0.6) is 5.75 Å². The first-order valence-electron chi connectivity index (χ1n) is 4.85. The molecule has 0 amide bonds. The van der Waals surface area contributed by atoms with Gasteiger partial charge in [-0.1, -0.05) is 0 Å². The van der Waals surface area contributed by atoms with E-state index in [0.29, 0.717) is 24.3 Å². The predicted octanol–water partition coefficient (Wildman–Crippen LogP) is 0.967. The van der Waals surface area contributed by atoms with Gasteiger partial charge in [0.1, 0.15) is 11.6 Å². The minimum absolute atomic E-state index is 0.0731. The molecule has 1 aliphatic heterocycles. The number of hydrogen-bond acceptors (Lipinski definition) is 4. The maximum Gasteiger partial charge on any atom is 0.339 e. The Morgan fingerprint density at radius 1 is 1.62 bits per heavy atom. The van der Waals surface area contributed by atoms with Gasteiger partial charge in [0.2, 0.25) is 0 Å². The van der Waals surface area contributed by atoms with Crippen LogP contribution in [0.2, 0.25) is 0 Å². The van der Waals surface area contributed by atoms with Crippen LogP contribution in [0.15, 0.2) is 12.1 Å². The van der Waals surface area contributed by atoms with Crippen LogP contribution in [0.25, 0.3) is 0 Å². The van der Waals surface area contributed by atoms with Crippen molar-refractivity contribution in [3.63, 3.8) is 0 Å². The Kier molecular flexibility index (Phi) is 2.78. The summed E-state index contributed by atoms with van der Waals surface area (Å²) < 4.78 is 23.4. The van der Waals surface area contributed by atoms with Crippen LogP contribution in [-0.4, -0.2) is 24.8 Å². The molecule has 0 fully saturated rings. The second-order valence-electron chi connectivity index (χ2n) is 3.47. The van der Waals surface area contributed by atoms with Crippen molar-refractivity contribution < 1.29 is 23.8 Å². The Hall–Kier alpha value is -1.62. The second-order valence-corrected chi connectivity index (χ2v) is 3.47. The number of hydrogen-bond donors (Lipinski definition) is 1. The number of halogens is 1. The Balaban J connectivity index is 2.39. The van der Waals surface area contributed by atoms with E-state index in [9.17, 15) is 14.3 Å². The number of rotatable bonds is 2. The molecule has 1 aromatic rings. The molecule has 5 heteroatoms. The van der Waals surface area contributed by atoms with Gasteiger partial charge >= 0.3 is 5.97 Å². The Morgan fingerprint density at radius 3 is 3.06 bits per heavy atom. The minimum atomic E-state index is -1.59. The van der Waals surface area contributed by atoms with E-state index in [2.05, 4.69) is 4.74 Å². The fourth-order valence-corrected chi connectivity index (χ4v) is 1.70. The van der Waals surface area contributed by atoms with Crippen molar-refractivity contribution in [2.24, 2.45) is 0 Å². The smallest absolute Gasteiger partial charge is 0.339 e. The van der Waals surface area contributed by atoms with Gasteiger partial charge in [-0.05, 0) is 12.1 Å². The first kappa shape index (κ1) is 10.9. The van der Waals surface area contributed by atoms with Gasteiger partial charge in [-0.15, -0.1) is 0 Å². The lowest BCUT2D eigenvalue weighted by Crippen LogP contribution is -2.15. The molecule has 0 saturated carbocycles. The molecule has 1 heterocycles. The zero-order valence-electron chi connectivity index (χ0n) is 8.70. The molecular formula is C11H11FO4. The van der Waals surface area contributed by atoms with Crippen LogP contribution in [0.4, 0.5) is 4.39 Å². The van der Waals surface area contributed by atoms with Crippen LogP contribution in [0.1, 0.15) is 17.2 Å². The normalized spacial score (nSPS) is 15.2. The van der Waals surface area contributed by atoms with E-state index in [1.165, 1.54) is 6.07 Å². The number of methoxy groups -OCH3 is 1. The molecule has 1 aliphatic rings.